The summed E-state index contributed by atoms with van der Waals surface area (Å²) in [5, 5.41) is 12.2. The molecule has 0 atom stereocenters. The number of aromatic nitrogens is 2. The molecule has 2 rings (SSSR count). The molecule has 82 valence electrons. The average molecular weight is 235 g/mol. The van der Waals surface area contributed by atoms with Gasteiger partial charge in [-0.2, -0.15) is 10.2 Å². The largest absolute Gasteiger partial charge is 0.469 e. The molecule has 0 aliphatic carbocycles. The number of furan rings is 1. The SMILES string of the molecule is Cc1occc1-c1noc(CSCC#N)n1. The lowest BCUT2D eigenvalue weighted by molar-refractivity contribution is 0.391. The molecule has 0 saturated carbocycles. The monoisotopic (exact) mass is 235 g/mol. The van der Waals surface area contributed by atoms with Crippen LogP contribution in [0.15, 0.2) is 21.3 Å². The smallest absolute Gasteiger partial charge is 0.236 e. The van der Waals surface area contributed by atoms with Crippen molar-refractivity contribution in [2.45, 2.75) is 12.7 Å². The Hall–Kier alpha value is -1.74. The van der Waals surface area contributed by atoms with Crippen LogP contribution in [-0.4, -0.2) is 15.9 Å². The summed E-state index contributed by atoms with van der Waals surface area (Å²) in [6.45, 7) is 1.84. The van der Waals surface area contributed by atoms with Gasteiger partial charge in [-0.05, 0) is 13.0 Å². The number of thioether (sulfide) groups is 1. The molecule has 0 radical (unpaired) electrons. The summed E-state index contributed by atoms with van der Waals surface area (Å²) in [6.07, 6.45) is 1.59. The molecule has 0 N–H and O–H groups in total. The third-order valence-corrected chi connectivity index (χ3v) is 2.74. The number of nitriles is 1. The lowest BCUT2D eigenvalue weighted by Crippen LogP contribution is -1.83. The van der Waals surface area contributed by atoms with Gasteiger partial charge >= 0.3 is 0 Å². The van der Waals surface area contributed by atoms with Crippen LogP contribution >= 0.6 is 11.8 Å². The Balaban J connectivity index is 2.09. The molecular weight excluding hydrogens is 226 g/mol. The van der Waals surface area contributed by atoms with Crippen LogP contribution in [0, 0.1) is 18.3 Å². The summed E-state index contributed by atoms with van der Waals surface area (Å²) in [5.41, 5.74) is 0.834. The van der Waals surface area contributed by atoms with Crippen LogP contribution in [0.4, 0.5) is 0 Å². The van der Waals surface area contributed by atoms with Crippen molar-refractivity contribution < 1.29 is 8.94 Å². The molecule has 0 bridgehead atoms. The molecule has 6 heteroatoms. The molecular formula is C10H9N3O2S. The minimum Gasteiger partial charge on any atom is -0.469 e. The normalized spacial score (nSPS) is 10.2. The predicted octanol–water partition coefficient (Wildman–Crippen LogP) is 2.39. The summed E-state index contributed by atoms with van der Waals surface area (Å²) in [7, 11) is 0. The van der Waals surface area contributed by atoms with Crippen molar-refractivity contribution in [3.63, 3.8) is 0 Å². The van der Waals surface area contributed by atoms with E-state index in [0.29, 0.717) is 23.2 Å². The first-order chi connectivity index (χ1) is 7.81. The Labute approximate surface area is 96.4 Å². The van der Waals surface area contributed by atoms with E-state index in [2.05, 4.69) is 10.1 Å². The molecule has 0 aliphatic rings. The molecule has 0 unspecified atom stereocenters. The van der Waals surface area contributed by atoms with Crippen molar-refractivity contribution in [3.05, 3.63) is 24.0 Å². The summed E-state index contributed by atoms with van der Waals surface area (Å²) >= 11 is 1.44. The van der Waals surface area contributed by atoms with Crippen LogP contribution in [0.3, 0.4) is 0 Å². The second-order valence-corrected chi connectivity index (χ2v) is 4.04. The van der Waals surface area contributed by atoms with Gasteiger partial charge in [0.2, 0.25) is 11.7 Å². The van der Waals surface area contributed by atoms with E-state index in [0.717, 1.165) is 11.3 Å². The lowest BCUT2D eigenvalue weighted by atomic mass is 10.2. The molecule has 0 amide bonds. The van der Waals surface area contributed by atoms with E-state index in [-0.39, 0.29) is 0 Å². The molecule has 2 aromatic rings. The molecule has 0 spiro atoms. The van der Waals surface area contributed by atoms with Crippen molar-refractivity contribution in [1.29, 1.82) is 5.26 Å². The number of rotatable bonds is 4. The maximum Gasteiger partial charge on any atom is 0.236 e. The average Bonchev–Trinajstić information content (AvgIpc) is 2.87. The van der Waals surface area contributed by atoms with Gasteiger partial charge in [-0.3, -0.25) is 0 Å². The van der Waals surface area contributed by atoms with Gasteiger partial charge in [0.25, 0.3) is 0 Å². The van der Waals surface area contributed by atoms with Crippen molar-refractivity contribution >= 4 is 11.8 Å². The number of hydrogen-bond donors (Lipinski definition) is 0. The van der Waals surface area contributed by atoms with Crippen LogP contribution in [-0.2, 0) is 5.75 Å². The van der Waals surface area contributed by atoms with Crippen LogP contribution < -0.4 is 0 Å². The summed E-state index contributed by atoms with van der Waals surface area (Å²) in [6, 6.07) is 3.84. The van der Waals surface area contributed by atoms with E-state index in [1.807, 2.05) is 13.0 Å². The zero-order valence-electron chi connectivity index (χ0n) is 8.64. The van der Waals surface area contributed by atoms with E-state index in [1.54, 1.807) is 12.3 Å². The molecule has 16 heavy (non-hydrogen) atoms. The molecule has 2 heterocycles. The summed E-state index contributed by atoms with van der Waals surface area (Å²) in [4.78, 5) is 4.22. The summed E-state index contributed by atoms with van der Waals surface area (Å²) < 4.78 is 10.2. The molecule has 0 aromatic carbocycles. The van der Waals surface area contributed by atoms with E-state index in [9.17, 15) is 0 Å². The van der Waals surface area contributed by atoms with Gasteiger partial charge in [-0.25, -0.2) is 0 Å². The Morgan fingerprint density at radius 1 is 1.56 bits per heavy atom. The standard InChI is InChI=1S/C10H9N3O2S/c1-7-8(2-4-14-7)10-12-9(15-13-10)6-16-5-3-11/h2,4H,5-6H2,1H3. The second-order valence-electron chi connectivity index (χ2n) is 3.05. The molecule has 0 saturated heterocycles. The maximum absolute atomic E-state index is 8.39. The minimum absolute atomic E-state index is 0.419. The highest BCUT2D eigenvalue weighted by Crippen LogP contribution is 2.22. The fourth-order valence-electron chi connectivity index (χ4n) is 1.22. The zero-order valence-corrected chi connectivity index (χ0v) is 9.45. The molecule has 2 aromatic heterocycles. The third-order valence-electron chi connectivity index (χ3n) is 1.96. The van der Waals surface area contributed by atoms with Gasteiger partial charge in [0.15, 0.2) is 0 Å². The highest BCUT2D eigenvalue weighted by atomic mass is 32.2. The van der Waals surface area contributed by atoms with Crippen LogP contribution in [0.2, 0.25) is 0 Å². The van der Waals surface area contributed by atoms with Gasteiger partial charge in [0.05, 0.1) is 29.4 Å². The second kappa shape index (κ2) is 4.86. The van der Waals surface area contributed by atoms with Gasteiger partial charge < -0.3 is 8.94 Å². The Bertz CT molecular complexity index is 512. The van der Waals surface area contributed by atoms with Crippen molar-refractivity contribution in [2.75, 3.05) is 5.75 Å². The number of hydrogen-bond acceptors (Lipinski definition) is 6. The lowest BCUT2D eigenvalue weighted by Gasteiger charge is -1.88. The topological polar surface area (TPSA) is 75.8 Å². The first-order valence-electron chi connectivity index (χ1n) is 4.63. The van der Waals surface area contributed by atoms with Crippen molar-refractivity contribution in [3.8, 4) is 17.5 Å². The Morgan fingerprint density at radius 3 is 3.12 bits per heavy atom. The van der Waals surface area contributed by atoms with E-state index in [4.69, 9.17) is 14.2 Å². The minimum atomic E-state index is 0.419. The first-order valence-corrected chi connectivity index (χ1v) is 5.78. The van der Waals surface area contributed by atoms with E-state index in [1.165, 1.54) is 11.8 Å². The Kier molecular flexibility index (Phi) is 3.27. The van der Waals surface area contributed by atoms with Gasteiger partial charge in [0.1, 0.15) is 5.76 Å². The quantitative estimate of drug-likeness (QED) is 0.757. The molecule has 5 nitrogen and oxygen atoms in total. The van der Waals surface area contributed by atoms with Crippen LogP contribution in [0.1, 0.15) is 11.7 Å². The highest BCUT2D eigenvalue weighted by Gasteiger charge is 2.12. The van der Waals surface area contributed by atoms with Crippen molar-refractivity contribution in [1.82, 2.24) is 10.1 Å². The Morgan fingerprint density at radius 2 is 2.44 bits per heavy atom. The van der Waals surface area contributed by atoms with Gasteiger partial charge in [0, 0.05) is 0 Å². The van der Waals surface area contributed by atoms with Gasteiger partial charge in [-0.1, -0.05) is 5.16 Å². The third kappa shape index (κ3) is 2.25. The zero-order chi connectivity index (χ0) is 11.4. The fourth-order valence-corrected chi connectivity index (χ4v) is 1.71. The van der Waals surface area contributed by atoms with Crippen LogP contribution in [0.25, 0.3) is 11.4 Å². The number of nitrogens with zero attached hydrogens (tertiary/aromatic N) is 3. The summed E-state index contributed by atoms with van der Waals surface area (Å²) in [5.74, 6) is 2.78. The van der Waals surface area contributed by atoms with Gasteiger partial charge in [-0.15, -0.1) is 11.8 Å². The van der Waals surface area contributed by atoms with Crippen molar-refractivity contribution in [2.24, 2.45) is 0 Å². The number of aryl methyl sites for hydroxylation is 1. The van der Waals surface area contributed by atoms with E-state index < -0.39 is 0 Å². The fraction of sp³-hybridized carbons (Fsp3) is 0.300. The predicted molar refractivity (Wildman–Crippen MR) is 58.5 cm³/mol. The first kappa shape index (κ1) is 10.8. The van der Waals surface area contributed by atoms with Crippen LogP contribution in [0.5, 0.6) is 0 Å². The van der Waals surface area contributed by atoms with E-state index >= 15 is 0 Å². The molecule has 0 aliphatic heterocycles. The molecule has 0 fully saturated rings. The highest BCUT2D eigenvalue weighted by molar-refractivity contribution is 7.98. The maximum atomic E-state index is 8.39.